The zero-order valence-corrected chi connectivity index (χ0v) is 13.0. The van der Waals surface area contributed by atoms with Gasteiger partial charge < -0.3 is 14.5 Å². The van der Waals surface area contributed by atoms with Gasteiger partial charge in [0.15, 0.2) is 0 Å². The molecule has 1 heterocycles. The lowest BCUT2D eigenvalue weighted by Crippen LogP contribution is -2.26. The summed E-state index contributed by atoms with van der Waals surface area (Å²) in [4.78, 5) is 0. The molecule has 0 unspecified atom stereocenters. The van der Waals surface area contributed by atoms with Crippen LogP contribution in [0.3, 0.4) is 0 Å². The van der Waals surface area contributed by atoms with Crippen LogP contribution in [-0.2, 0) is 16.6 Å². The van der Waals surface area contributed by atoms with E-state index in [4.69, 9.17) is 9.15 Å². The molecule has 0 amide bonds. The van der Waals surface area contributed by atoms with Crippen LogP contribution in [-0.4, -0.2) is 29.6 Å². The minimum Gasteiger partial charge on any atom is -0.495 e. The van der Waals surface area contributed by atoms with Crippen LogP contribution in [0.5, 0.6) is 5.75 Å². The molecule has 0 aliphatic heterocycles. The number of nitrogens with zero attached hydrogens (tertiary/aromatic N) is 1. The van der Waals surface area contributed by atoms with E-state index in [9.17, 15) is 8.42 Å². The Kier molecular flexibility index (Phi) is 4.54. The maximum absolute atomic E-state index is 12.6. The summed E-state index contributed by atoms with van der Waals surface area (Å²) >= 11 is 0. The van der Waals surface area contributed by atoms with E-state index in [0.717, 1.165) is 4.31 Å². The lowest BCUT2D eigenvalue weighted by Gasteiger charge is -2.20. The molecule has 21 heavy (non-hydrogen) atoms. The first-order chi connectivity index (χ1) is 10.0. The first kappa shape index (κ1) is 15.4. The molecule has 2 rings (SSSR count). The van der Waals surface area contributed by atoms with E-state index in [1.165, 1.54) is 20.2 Å². The van der Waals surface area contributed by atoms with Crippen molar-refractivity contribution in [1.29, 1.82) is 0 Å². The summed E-state index contributed by atoms with van der Waals surface area (Å²) in [5.41, 5.74) is 0.451. The van der Waals surface area contributed by atoms with E-state index >= 15 is 0 Å². The molecule has 0 bridgehead atoms. The van der Waals surface area contributed by atoms with Gasteiger partial charge in [0.05, 0.1) is 19.3 Å². The van der Waals surface area contributed by atoms with Crippen molar-refractivity contribution in [2.45, 2.75) is 11.6 Å². The third-order valence-electron chi connectivity index (χ3n) is 3.03. The minimum absolute atomic E-state index is 0.0962. The van der Waals surface area contributed by atoms with Crippen molar-refractivity contribution in [2.75, 3.05) is 25.5 Å². The van der Waals surface area contributed by atoms with E-state index in [2.05, 4.69) is 5.32 Å². The first-order valence-corrected chi connectivity index (χ1v) is 7.80. The number of hydrogen-bond donors (Lipinski definition) is 1. The zero-order valence-electron chi connectivity index (χ0n) is 12.2. The number of ether oxygens (including phenoxy) is 1. The number of anilines is 1. The fraction of sp³-hybridized carbons (Fsp3) is 0.286. The fourth-order valence-corrected chi connectivity index (χ4v) is 3.05. The van der Waals surface area contributed by atoms with Crippen LogP contribution in [0.25, 0.3) is 0 Å². The van der Waals surface area contributed by atoms with Gasteiger partial charge >= 0.3 is 0 Å². The molecule has 114 valence electrons. The topological polar surface area (TPSA) is 71.8 Å². The van der Waals surface area contributed by atoms with Gasteiger partial charge in [0.2, 0.25) is 5.09 Å². The molecule has 0 saturated carbocycles. The molecule has 0 fully saturated rings. The minimum atomic E-state index is -3.76. The molecule has 1 aromatic carbocycles. The van der Waals surface area contributed by atoms with Gasteiger partial charge in [-0.25, -0.2) is 0 Å². The van der Waals surface area contributed by atoms with E-state index in [0.29, 0.717) is 23.7 Å². The second-order valence-corrected chi connectivity index (χ2v) is 6.30. The second kappa shape index (κ2) is 6.19. The van der Waals surface area contributed by atoms with E-state index in [-0.39, 0.29) is 5.09 Å². The molecule has 6 nitrogen and oxygen atoms in total. The van der Waals surface area contributed by atoms with E-state index < -0.39 is 10.0 Å². The van der Waals surface area contributed by atoms with Crippen molar-refractivity contribution >= 4 is 15.7 Å². The van der Waals surface area contributed by atoms with Gasteiger partial charge in [-0.1, -0.05) is 12.1 Å². The summed E-state index contributed by atoms with van der Waals surface area (Å²) in [5.74, 6) is 1.04. The Hall–Kier alpha value is -1.99. The predicted octanol–water partition coefficient (Wildman–Crippen LogP) is 1.83. The average molecular weight is 310 g/mol. The molecule has 7 heteroatoms. The largest absolute Gasteiger partial charge is 0.495 e. The summed E-state index contributed by atoms with van der Waals surface area (Å²) in [6.45, 7) is 0.466. The fourth-order valence-electron chi connectivity index (χ4n) is 1.92. The van der Waals surface area contributed by atoms with E-state index in [1.54, 1.807) is 37.4 Å². The summed E-state index contributed by atoms with van der Waals surface area (Å²) < 4.78 is 36.9. The summed E-state index contributed by atoms with van der Waals surface area (Å²) in [6, 6.07) is 10.00. The van der Waals surface area contributed by atoms with Crippen LogP contribution in [0.1, 0.15) is 5.76 Å². The number of para-hydroxylation sites is 2. The number of sulfonamides is 1. The van der Waals surface area contributed by atoms with Gasteiger partial charge in [0.1, 0.15) is 11.5 Å². The Balaban J connectivity index is 2.37. The van der Waals surface area contributed by atoms with Crippen LogP contribution in [0, 0.1) is 0 Å². The molecular formula is C14H18N2O4S. The van der Waals surface area contributed by atoms with Gasteiger partial charge in [-0.3, -0.25) is 4.31 Å². The molecule has 0 spiro atoms. The number of furan rings is 1. The van der Waals surface area contributed by atoms with Crippen molar-refractivity contribution in [3.63, 3.8) is 0 Å². The van der Waals surface area contributed by atoms with Crippen molar-refractivity contribution < 1.29 is 17.6 Å². The molecule has 2 aromatic rings. The monoisotopic (exact) mass is 310 g/mol. The SMILES string of the molecule is CNCc1ccc(S(=O)(=O)N(C)c2ccccc2OC)o1. The Morgan fingerprint density at radius 2 is 1.95 bits per heavy atom. The van der Waals surface area contributed by atoms with Crippen molar-refractivity contribution in [1.82, 2.24) is 5.32 Å². The van der Waals surface area contributed by atoms with Crippen LogP contribution < -0.4 is 14.4 Å². The highest BCUT2D eigenvalue weighted by Gasteiger charge is 2.26. The molecule has 0 radical (unpaired) electrons. The maximum Gasteiger partial charge on any atom is 0.297 e. The summed E-state index contributed by atoms with van der Waals surface area (Å²) in [7, 11) is 0.961. The summed E-state index contributed by atoms with van der Waals surface area (Å²) in [6.07, 6.45) is 0. The normalized spacial score (nSPS) is 11.4. The Bertz CT molecular complexity index is 709. The van der Waals surface area contributed by atoms with Crippen molar-refractivity contribution in [3.8, 4) is 5.75 Å². The second-order valence-electron chi connectivity index (χ2n) is 4.40. The number of methoxy groups -OCH3 is 1. The van der Waals surface area contributed by atoms with Crippen LogP contribution >= 0.6 is 0 Å². The highest BCUT2D eigenvalue weighted by atomic mass is 32.2. The maximum atomic E-state index is 12.6. The Labute approximate surface area is 124 Å². The molecular weight excluding hydrogens is 292 g/mol. The summed E-state index contributed by atoms with van der Waals surface area (Å²) in [5, 5.41) is 2.81. The molecule has 0 aliphatic rings. The van der Waals surface area contributed by atoms with E-state index in [1.807, 2.05) is 0 Å². The molecule has 0 saturated heterocycles. The van der Waals surface area contributed by atoms with Gasteiger partial charge in [0, 0.05) is 7.05 Å². The smallest absolute Gasteiger partial charge is 0.297 e. The highest BCUT2D eigenvalue weighted by molar-refractivity contribution is 7.92. The highest BCUT2D eigenvalue weighted by Crippen LogP contribution is 2.31. The van der Waals surface area contributed by atoms with Gasteiger partial charge in [-0.15, -0.1) is 0 Å². The Morgan fingerprint density at radius 1 is 1.24 bits per heavy atom. The number of rotatable bonds is 6. The molecule has 1 aromatic heterocycles. The first-order valence-electron chi connectivity index (χ1n) is 6.36. The third-order valence-corrected chi connectivity index (χ3v) is 4.67. The molecule has 1 N–H and O–H groups in total. The third kappa shape index (κ3) is 3.03. The lowest BCUT2D eigenvalue weighted by molar-refractivity contribution is 0.405. The van der Waals surface area contributed by atoms with Gasteiger partial charge in [0.25, 0.3) is 10.0 Å². The molecule has 0 atom stereocenters. The van der Waals surface area contributed by atoms with Crippen LogP contribution in [0.4, 0.5) is 5.69 Å². The standard InChI is InChI=1S/C14H18N2O4S/c1-15-10-11-8-9-14(20-11)21(17,18)16(2)12-6-4-5-7-13(12)19-3/h4-9,15H,10H2,1-3H3. The lowest BCUT2D eigenvalue weighted by atomic mass is 10.3. The number of nitrogens with one attached hydrogen (secondary N) is 1. The number of hydrogen-bond acceptors (Lipinski definition) is 5. The van der Waals surface area contributed by atoms with Crippen molar-refractivity contribution in [2.24, 2.45) is 0 Å². The molecule has 0 aliphatic carbocycles. The Morgan fingerprint density at radius 3 is 2.62 bits per heavy atom. The predicted molar refractivity (Wildman–Crippen MR) is 80.1 cm³/mol. The van der Waals surface area contributed by atoms with Crippen molar-refractivity contribution in [3.05, 3.63) is 42.2 Å². The quantitative estimate of drug-likeness (QED) is 0.881. The zero-order chi connectivity index (χ0) is 15.5. The number of benzene rings is 1. The van der Waals surface area contributed by atoms with Gasteiger partial charge in [-0.2, -0.15) is 8.42 Å². The van der Waals surface area contributed by atoms with Gasteiger partial charge in [-0.05, 0) is 31.3 Å². The van der Waals surface area contributed by atoms with Crippen LogP contribution in [0.2, 0.25) is 0 Å². The average Bonchev–Trinajstić information content (AvgIpc) is 2.96. The van der Waals surface area contributed by atoms with Crippen LogP contribution in [0.15, 0.2) is 45.9 Å².